The Hall–Kier alpha value is -1.68. The smallest absolute Gasteiger partial charge is 0.156 e. The van der Waals surface area contributed by atoms with Gasteiger partial charge in [0.2, 0.25) is 0 Å². The lowest BCUT2D eigenvalue weighted by molar-refractivity contribution is 0.217. The summed E-state index contributed by atoms with van der Waals surface area (Å²) in [6, 6.07) is 8.25. The van der Waals surface area contributed by atoms with Crippen molar-refractivity contribution < 1.29 is 0 Å². The molecule has 1 aromatic carbocycles. The van der Waals surface area contributed by atoms with E-state index in [4.69, 9.17) is 0 Å². The molecule has 1 unspecified atom stereocenters. The molecule has 4 nitrogen and oxygen atoms in total. The fraction of sp³-hybridized carbons (Fsp3) is 0.467. The summed E-state index contributed by atoms with van der Waals surface area (Å²) in [5, 5.41) is 14.1. The van der Waals surface area contributed by atoms with E-state index in [1.54, 1.807) is 0 Å². The van der Waals surface area contributed by atoms with E-state index in [-0.39, 0.29) is 0 Å². The maximum atomic E-state index is 4.24. The molecule has 0 spiro atoms. The number of nitrogens with one attached hydrogen (secondary N) is 1. The second-order valence-corrected chi connectivity index (χ2v) is 5.43. The number of piperidine rings is 1. The molecule has 4 heteroatoms. The Labute approximate surface area is 113 Å². The minimum atomic E-state index is 0.708. The molecule has 1 N–H and O–H groups in total. The van der Waals surface area contributed by atoms with Crippen LogP contribution >= 0.6 is 0 Å². The molecule has 1 aliphatic heterocycles. The van der Waals surface area contributed by atoms with Gasteiger partial charge in [-0.3, -0.25) is 0 Å². The molecule has 0 amide bonds. The van der Waals surface area contributed by atoms with E-state index in [1.165, 1.54) is 25.9 Å². The third-order valence-corrected chi connectivity index (χ3v) is 3.85. The minimum absolute atomic E-state index is 0.708. The number of hydrogen-bond acceptors (Lipinski definition) is 4. The number of anilines is 1. The fourth-order valence-electron chi connectivity index (χ4n) is 2.84. The van der Waals surface area contributed by atoms with Crippen LogP contribution < -0.4 is 5.32 Å². The van der Waals surface area contributed by atoms with Gasteiger partial charge in [0, 0.05) is 23.9 Å². The van der Waals surface area contributed by atoms with Gasteiger partial charge < -0.3 is 10.2 Å². The van der Waals surface area contributed by atoms with Crippen LogP contribution in [0.25, 0.3) is 10.8 Å². The van der Waals surface area contributed by atoms with Crippen molar-refractivity contribution >= 4 is 16.6 Å². The predicted molar refractivity (Wildman–Crippen MR) is 78.2 cm³/mol. The number of likely N-dealkylation sites (tertiary alicyclic amines) is 1. The van der Waals surface area contributed by atoms with Crippen molar-refractivity contribution in [3.8, 4) is 0 Å². The highest BCUT2D eigenvalue weighted by atomic mass is 15.2. The molecule has 0 aliphatic carbocycles. The molecular weight excluding hydrogens is 236 g/mol. The first kappa shape index (κ1) is 12.4. The number of benzene rings is 1. The van der Waals surface area contributed by atoms with Crippen LogP contribution in [0.15, 0.2) is 30.5 Å². The molecular formula is C15H20N4. The first-order valence-corrected chi connectivity index (χ1v) is 6.96. The van der Waals surface area contributed by atoms with Crippen LogP contribution in [0.5, 0.6) is 0 Å². The maximum absolute atomic E-state index is 4.24. The summed E-state index contributed by atoms with van der Waals surface area (Å²) in [6.07, 6.45) is 4.41. The van der Waals surface area contributed by atoms with Crippen LogP contribution in [0.4, 0.5) is 5.82 Å². The number of rotatable bonds is 3. The van der Waals surface area contributed by atoms with Gasteiger partial charge in [0.1, 0.15) is 0 Å². The van der Waals surface area contributed by atoms with Crippen LogP contribution in [0.3, 0.4) is 0 Å². The first-order valence-electron chi connectivity index (χ1n) is 6.96. The van der Waals surface area contributed by atoms with Crippen LogP contribution in [0.1, 0.15) is 12.8 Å². The second-order valence-electron chi connectivity index (χ2n) is 5.43. The van der Waals surface area contributed by atoms with E-state index in [0.717, 1.165) is 23.1 Å². The Morgan fingerprint density at radius 2 is 2.26 bits per heavy atom. The highest BCUT2D eigenvalue weighted by molar-refractivity contribution is 5.90. The van der Waals surface area contributed by atoms with Gasteiger partial charge in [-0.2, -0.15) is 5.10 Å². The van der Waals surface area contributed by atoms with Crippen molar-refractivity contribution in [1.29, 1.82) is 0 Å². The topological polar surface area (TPSA) is 41.0 Å². The standard InChI is InChI=1S/C15H20N4/c1-19-8-4-5-12(11-19)9-16-15-14-7-3-2-6-13(14)10-17-18-15/h2-3,6-7,10,12H,4-5,8-9,11H2,1H3,(H,16,18). The summed E-state index contributed by atoms with van der Waals surface area (Å²) in [4.78, 5) is 2.41. The van der Waals surface area contributed by atoms with Gasteiger partial charge in [0.05, 0.1) is 6.20 Å². The third-order valence-electron chi connectivity index (χ3n) is 3.85. The summed E-state index contributed by atoms with van der Waals surface area (Å²) in [7, 11) is 2.20. The van der Waals surface area contributed by atoms with Crippen molar-refractivity contribution in [1.82, 2.24) is 15.1 Å². The lowest BCUT2D eigenvalue weighted by Crippen LogP contribution is -2.35. The zero-order valence-corrected chi connectivity index (χ0v) is 11.3. The lowest BCUT2D eigenvalue weighted by atomic mass is 9.98. The highest BCUT2D eigenvalue weighted by Crippen LogP contribution is 2.21. The number of nitrogens with zero attached hydrogens (tertiary/aromatic N) is 3. The maximum Gasteiger partial charge on any atom is 0.156 e. The molecule has 1 aromatic heterocycles. The zero-order valence-electron chi connectivity index (χ0n) is 11.3. The van der Waals surface area contributed by atoms with E-state index in [2.05, 4.69) is 39.6 Å². The third kappa shape index (κ3) is 2.84. The molecule has 19 heavy (non-hydrogen) atoms. The quantitative estimate of drug-likeness (QED) is 0.915. The second kappa shape index (κ2) is 5.53. The molecule has 3 rings (SSSR count). The number of hydrogen-bond donors (Lipinski definition) is 1. The molecule has 0 saturated carbocycles. The lowest BCUT2D eigenvalue weighted by Gasteiger charge is -2.29. The molecule has 1 fully saturated rings. The average molecular weight is 256 g/mol. The van der Waals surface area contributed by atoms with Gasteiger partial charge in [-0.25, -0.2) is 0 Å². The van der Waals surface area contributed by atoms with E-state index in [9.17, 15) is 0 Å². The van der Waals surface area contributed by atoms with Gasteiger partial charge in [-0.1, -0.05) is 24.3 Å². The van der Waals surface area contributed by atoms with Crippen LogP contribution in [0, 0.1) is 5.92 Å². The van der Waals surface area contributed by atoms with Gasteiger partial charge in [0.25, 0.3) is 0 Å². The summed E-state index contributed by atoms with van der Waals surface area (Å²) in [5.74, 6) is 1.62. The molecule has 2 heterocycles. The van der Waals surface area contributed by atoms with Gasteiger partial charge in [-0.05, 0) is 32.4 Å². The van der Waals surface area contributed by atoms with Crippen LogP contribution in [-0.4, -0.2) is 41.8 Å². The van der Waals surface area contributed by atoms with Crippen molar-refractivity contribution in [2.45, 2.75) is 12.8 Å². The monoisotopic (exact) mass is 256 g/mol. The minimum Gasteiger partial charge on any atom is -0.368 e. The normalized spacial score (nSPS) is 20.6. The SMILES string of the molecule is CN1CCCC(CNc2nncc3ccccc23)C1. The summed E-state index contributed by atoms with van der Waals surface area (Å²) in [6.45, 7) is 3.38. The zero-order chi connectivity index (χ0) is 13.1. The van der Waals surface area contributed by atoms with Gasteiger partial charge >= 0.3 is 0 Å². The Morgan fingerprint density at radius 3 is 3.16 bits per heavy atom. The number of fused-ring (bicyclic) bond motifs is 1. The Morgan fingerprint density at radius 1 is 1.37 bits per heavy atom. The summed E-state index contributed by atoms with van der Waals surface area (Å²) in [5.41, 5.74) is 0. The van der Waals surface area contributed by atoms with Crippen molar-refractivity contribution in [3.63, 3.8) is 0 Å². The predicted octanol–water partition coefficient (Wildman–Crippen LogP) is 2.38. The Bertz CT molecular complexity index is 549. The fourth-order valence-corrected chi connectivity index (χ4v) is 2.84. The largest absolute Gasteiger partial charge is 0.368 e. The Balaban J connectivity index is 1.71. The average Bonchev–Trinajstić information content (AvgIpc) is 2.45. The first-order chi connectivity index (χ1) is 9.33. The highest BCUT2D eigenvalue weighted by Gasteiger charge is 2.17. The molecule has 0 radical (unpaired) electrons. The van der Waals surface area contributed by atoms with Crippen LogP contribution in [-0.2, 0) is 0 Å². The molecule has 0 bridgehead atoms. The van der Waals surface area contributed by atoms with Crippen molar-refractivity contribution in [3.05, 3.63) is 30.5 Å². The van der Waals surface area contributed by atoms with E-state index < -0.39 is 0 Å². The Kier molecular flexibility index (Phi) is 3.60. The molecule has 1 atom stereocenters. The molecule has 2 aromatic rings. The molecule has 100 valence electrons. The van der Waals surface area contributed by atoms with Gasteiger partial charge in [-0.15, -0.1) is 5.10 Å². The van der Waals surface area contributed by atoms with Gasteiger partial charge in [0.15, 0.2) is 5.82 Å². The summed E-state index contributed by atoms with van der Waals surface area (Å²) < 4.78 is 0. The van der Waals surface area contributed by atoms with E-state index in [1.807, 2.05) is 18.3 Å². The van der Waals surface area contributed by atoms with E-state index in [0.29, 0.717) is 5.92 Å². The van der Waals surface area contributed by atoms with E-state index >= 15 is 0 Å². The van der Waals surface area contributed by atoms with Crippen molar-refractivity contribution in [2.24, 2.45) is 5.92 Å². The van der Waals surface area contributed by atoms with Crippen LogP contribution in [0.2, 0.25) is 0 Å². The molecule has 1 saturated heterocycles. The van der Waals surface area contributed by atoms with Crippen molar-refractivity contribution in [2.75, 3.05) is 32.0 Å². The number of aromatic nitrogens is 2. The summed E-state index contributed by atoms with van der Waals surface area (Å²) >= 11 is 0. The molecule has 1 aliphatic rings.